The first-order chi connectivity index (χ1) is 15.0. The summed E-state index contributed by atoms with van der Waals surface area (Å²) in [6.07, 6.45) is 1.40. The van der Waals surface area contributed by atoms with E-state index in [0.717, 1.165) is 16.9 Å². The van der Waals surface area contributed by atoms with Gasteiger partial charge in [0.1, 0.15) is 11.6 Å². The number of hydrogen-bond donors (Lipinski definition) is 1. The van der Waals surface area contributed by atoms with Crippen molar-refractivity contribution in [3.63, 3.8) is 0 Å². The minimum absolute atomic E-state index is 0.0106. The second-order valence-electron chi connectivity index (χ2n) is 8.13. The highest BCUT2D eigenvalue weighted by atomic mass is 16.5. The highest BCUT2D eigenvalue weighted by Gasteiger charge is 2.34. The third-order valence-corrected chi connectivity index (χ3v) is 6.11. The Morgan fingerprint density at radius 3 is 2.58 bits per heavy atom. The molecule has 0 spiro atoms. The molecule has 1 saturated heterocycles. The molecule has 2 unspecified atom stereocenters. The molecule has 1 fully saturated rings. The van der Waals surface area contributed by atoms with Gasteiger partial charge >= 0.3 is 5.97 Å². The number of rotatable bonds is 7. The van der Waals surface area contributed by atoms with E-state index in [0.29, 0.717) is 31.7 Å². The number of ether oxygens (including phenoxy) is 1. The molecule has 1 aliphatic heterocycles. The summed E-state index contributed by atoms with van der Waals surface area (Å²) in [5, 5.41) is 9.38. The number of likely N-dealkylation sites (tertiary alicyclic amines) is 1. The van der Waals surface area contributed by atoms with Gasteiger partial charge in [-0.2, -0.15) is 0 Å². The number of aliphatic carboxylic acids is 1. The summed E-state index contributed by atoms with van der Waals surface area (Å²) in [6, 6.07) is 17.2. The van der Waals surface area contributed by atoms with Crippen LogP contribution >= 0.6 is 0 Å². The van der Waals surface area contributed by atoms with Crippen molar-refractivity contribution in [2.75, 3.05) is 19.7 Å². The second kappa shape index (κ2) is 9.20. The van der Waals surface area contributed by atoms with E-state index in [1.54, 1.807) is 4.90 Å². The number of nitrogens with zero attached hydrogens (tertiary/aromatic N) is 3. The van der Waals surface area contributed by atoms with Crippen LogP contribution in [-0.2, 0) is 23.1 Å². The topological polar surface area (TPSA) is 84.7 Å². The van der Waals surface area contributed by atoms with Crippen LogP contribution in [0.4, 0.5) is 0 Å². The molecular formula is C24H27N3O4. The number of carbonyl (C=O) groups is 2. The largest absolute Gasteiger partial charge is 0.484 e. The lowest BCUT2D eigenvalue weighted by atomic mass is 9.81. The third kappa shape index (κ3) is 4.87. The van der Waals surface area contributed by atoms with Crippen molar-refractivity contribution in [3.8, 4) is 5.75 Å². The molecule has 3 aromatic rings. The Balaban J connectivity index is 1.47. The second-order valence-corrected chi connectivity index (χ2v) is 8.13. The van der Waals surface area contributed by atoms with Crippen LogP contribution in [-0.4, -0.2) is 51.1 Å². The quantitative estimate of drug-likeness (QED) is 0.634. The van der Waals surface area contributed by atoms with Crippen LogP contribution in [0.15, 0.2) is 54.6 Å². The van der Waals surface area contributed by atoms with Crippen molar-refractivity contribution >= 4 is 22.9 Å². The number of aromatic nitrogens is 2. The number of imidazole rings is 1. The minimum atomic E-state index is -0.799. The molecule has 2 aromatic carbocycles. The zero-order valence-electron chi connectivity index (χ0n) is 17.6. The third-order valence-electron chi connectivity index (χ3n) is 6.11. The summed E-state index contributed by atoms with van der Waals surface area (Å²) in [5.74, 6) is 0.738. The van der Waals surface area contributed by atoms with Crippen molar-refractivity contribution in [3.05, 3.63) is 60.4 Å². The molecule has 2 heterocycles. The molecule has 1 N–H and O–H groups in total. The maximum Gasteiger partial charge on any atom is 0.303 e. The van der Waals surface area contributed by atoms with Crippen LogP contribution in [0.5, 0.6) is 5.75 Å². The van der Waals surface area contributed by atoms with E-state index in [1.807, 2.05) is 61.6 Å². The number of hydrogen-bond acceptors (Lipinski definition) is 4. The van der Waals surface area contributed by atoms with E-state index in [2.05, 4.69) is 4.57 Å². The summed E-state index contributed by atoms with van der Waals surface area (Å²) >= 11 is 0. The number of para-hydroxylation sites is 3. The van der Waals surface area contributed by atoms with E-state index in [9.17, 15) is 14.7 Å². The van der Waals surface area contributed by atoms with Gasteiger partial charge in [0.05, 0.1) is 11.0 Å². The zero-order valence-corrected chi connectivity index (χ0v) is 17.6. The molecule has 7 nitrogen and oxygen atoms in total. The summed E-state index contributed by atoms with van der Waals surface area (Å²) in [6.45, 7) is 1.04. The van der Waals surface area contributed by atoms with Crippen LogP contribution in [0.2, 0.25) is 0 Å². The number of fused-ring (bicyclic) bond motifs is 1. The first kappa shape index (κ1) is 20.9. The summed E-state index contributed by atoms with van der Waals surface area (Å²) in [7, 11) is 1.98. The fourth-order valence-electron chi connectivity index (χ4n) is 4.40. The molecule has 4 rings (SSSR count). The van der Waals surface area contributed by atoms with E-state index < -0.39 is 5.97 Å². The van der Waals surface area contributed by atoms with Crippen molar-refractivity contribution < 1.29 is 19.4 Å². The molecule has 0 radical (unpaired) electrons. The molecule has 0 aliphatic carbocycles. The Kier molecular flexibility index (Phi) is 6.21. The number of carbonyl (C=O) groups excluding carboxylic acids is 1. The number of benzene rings is 2. The molecule has 1 aliphatic rings. The number of piperidine rings is 1. The van der Waals surface area contributed by atoms with E-state index in [1.165, 1.54) is 0 Å². The molecule has 31 heavy (non-hydrogen) atoms. The zero-order chi connectivity index (χ0) is 21.8. The fraction of sp³-hybridized carbons (Fsp3) is 0.375. The summed E-state index contributed by atoms with van der Waals surface area (Å²) < 4.78 is 7.69. The predicted octanol–water partition coefficient (Wildman–Crippen LogP) is 3.13. The van der Waals surface area contributed by atoms with Crippen molar-refractivity contribution in [2.45, 2.75) is 19.3 Å². The van der Waals surface area contributed by atoms with Crippen molar-refractivity contribution in [2.24, 2.45) is 18.9 Å². The molecule has 7 heteroatoms. The fourth-order valence-corrected chi connectivity index (χ4v) is 4.40. The minimum Gasteiger partial charge on any atom is -0.484 e. The van der Waals surface area contributed by atoms with Gasteiger partial charge in [-0.05, 0) is 42.5 Å². The lowest BCUT2D eigenvalue weighted by Crippen LogP contribution is -2.46. The highest BCUT2D eigenvalue weighted by Crippen LogP contribution is 2.30. The van der Waals surface area contributed by atoms with Gasteiger partial charge in [-0.1, -0.05) is 30.3 Å². The maximum atomic E-state index is 12.8. The van der Waals surface area contributed by atoms with Crippen LogP contribution in [0.1, 0.15) is 18.7 Å². The van der Waals surface area contributed by atoms with Gasteiger partial charge < -0.3 is 19.3 Å². The molecule has 1 aromatic heterocycles. The van der Waals surface area contributed by atoms with Gasteiger partial charge in [0.2, 0.25) is 0 Å². The maximum absolute atomic E-state index is 12.8. The molecule has 1 amide bonds. The van der Waals surface area contributed by atoms with Gasteiger partial charge in [-0.25, -0.2) is 4.98 Å². The van der Waals surface area contributed by atoms with Gasteiger partial charge in [0, 0.05) is 33.0 Å². The number of carboxylic acids is 1. The van der Waals surface area contributed by atoms with E-state index in [4.69, 9.17) is 9.72 Å². The smallest absolute Gasteiger partial charge is 0.303 e. The number of amides is 1. The summed E-state index contributed by atoms with van der Waals surface area (Å²) in [5.41, 5.74) is 1.97. The molecule has 2 atom stereocenters. The lowest BCUT2D eigenvalue weighted by Gasteiger charge is -2.38. The molecule has 162 valence electrons. The Morgan fingerprint density at radius 2 is 1.84 bits per heavy atom. The van der Waals surface area contributed by atoms with Gasteiger partial charge in [-0.3, -0.25) is 9.59 Å². The summed E-state index contributed by atoms with van der Waals surface area (Å²) in [4.78, 5) is 30.8. The standard InChI is InChI=1S/C24H27N3O4/c1-26-21-10-6-5-9-20(21)25-22(26)13-18-15-27(12-11-17(18)14-24(29)30)23(28)16-31-19-7-3-2-4-8-19/h2-10,17-18H,11-16H2,1H3,(H,29,30). The average Bonchev–Trinajstić information content (AvgIpc) is 3.09. The van der Waals surface area contributed by atoms with Crippen LogP contribution < -0.4 is 4.74 Å². The SMILES string of the molecule is Cn1c(CC2CN(C(=O)COc3ccccc3)CCC2CC(=O)O)nc2ccccc21. The molecular weight excluding hydrogens is 394 g/mol. The van der Waals surface area contributed by atoms with Gasteiger partial charge in [0.15, 0.2) is 6.61 Å². The number of carboxylic acid groups (broad SMARTS) is 1. The van der Waals surface area contributed by atoms with Crippen LogP contribution in [0.3, 0.4) is 0 Å². The monoisotopic (exact) mass is 421 g/mol. The molecule has 0 bridgehead atoms. The normalized spacial score (nSPS) is 18.8. The van der Waals surface area contributed by atoms with Crippen LogP contribution in [0.25, 0.3) is 11.0 Å². The Hall–Kier alpha value is -3.35. The Bertz CT molecular complexity index is 1060. The first-order valence-corrected chi connectivity index (χ1v) is 10.6. The van der Waals surface area contributed by atoms with Crippen molar-refractivity contribution in [1.82, 2.24) is 14.5 Å². The molecule has 0 saturated carbocycles. The predicted molar refractivity (Wildman–Crippen MR) is 117 cm³/mol. The van der Waals surface area contributed by atoms with Crippen molar-refractivity contribution in [1.29, 1.82) is 0 Å². The Labute approximate surface area is 181 Å². The lowest BCUT2D eigenvalue weighted by molar-refractivity contribution is -0.140. The van der Waals surface area contributed by atoms with E-state index >= 15 is 0 Å². The van der Waals surface area contributed by atoms with Gasteiger partial charge in [0.25, 0.3) is 5.91 Å². The first-order valence-electron chi connectivity index (χ1n) is 10.6. The average molecular weight is 421 g/mol. The van der Waals surface area contributed by atoms with E-state index in [-0.39, 0.29) is 30.8 Å². The number of aryl methyl sites for hydroxylation is 1. The Morgan fingerprint density at radius 1 is 1.10 bits per heavy atom. The van der Waals surface area contributed by atoms with Crippen LogP contribution in [0, 0.1) is 11.8 Å². The highest BCUT2D eigenvalue weighted by molar-refractivity contribution is 5.78. The van der Waals surface area contributed by atoms with Gasteiger partial charge in [-0.15, -0.1) is 0 Å².